The van der Waals surface area contributed by atoms with Crippen molar-refractivity contribution in [3.8, 4) is 16.9 Å². The van der Waals surface area contributed by atoms with E-state index < -0.39 is 6.36 Å². The highest BCUT2D eigenvalue weighted by Crippen LogP contribution is 2.49. The van der Waals surface area contributed by atoms with Crippen LogP contribution in [0.4, 0.5) is 17.6 Å². The molecule has 1 nitrogen and oxygen atoms in total. The summed E-state index contributed by atoms with van der Waals surface area (Å²) >= 11 is 0. The SMILES string of the molecule is CCC[C@@H]1CC[C@@H]2c3ccc(-c4ccc(OC(F)(F)F)cc4)c(F)c3CC[C@@H]2C1. The molecule has 29 heavy (non-hydrogen) atoms. The van der Waals surface area contributed by atoms with Crippen LogP contribution in [0, 0.1) is 17.7 Å². The first-order chi connectivity index (χ1) is 13.9. The summed E-state index contributed by atoms with van der Waals surface area (Å²) in [6, 6.07) is 9.25. The van der Waals surface area contributed by atoms with E-state index in [1.165, 1.54) is 49.9 Å². The molecule has 0 aliphatic heterocycles. The minimum Gasteiger partial charge on any atom is -0.406 e. The molecule has 5 heteroatoms. The van der Waals surface area contributed by atoms with Crippen molar-refractivity contribution in [1.29, 1.82) is 0 Å². The quantitative estimate of drug-likeness (QED) is 0.474. The topological polar surface area (TPSA) is 9.23 Å². The number of hydrogen-bond donors (Lipinski definition) is 0. The van der Waals surface area contributed by atoms with Crippen LogP contribution in [0.25, 0.3) is 11.1 Å². The summed E-state index contributed by atoms with van der Waals surface area (Å²) in [4.78, 5) is 0. The van der Waals surface area contributed by atoms with Gasteiger partial charge in [-0.05, 0) is 78.7 Å². The van der Waals surface area contributed by atoms with Crippen LogP contribution in [-0.2, 0) is 6.42 Å². The van der Waals surface area contributed by atoms with Crippen LogP contribution in [-0.4, -0.2) is 6.36 Å². The van der Waals surface area contributed by atoms with Crippen molar-refractivity contribution in [2.24, 2.45) is 11.8 Å². The molecule has 0 radical (unpaired) electrons. The average molecular weight is 406 g/mol. The fourth-order valence-corrected chi connectivity index (χ4v) is 5.39. The summed E-state index contributed by atoms with van der Waals surface area (Å²) in [5.41, 5.74) is 2.96. The first-order valence-electron chi connectivity index (χ1n) is 10.5. The number of hydrogen-bond acceptors (Lipinski definition) is 1. The van der Waals surface area contributed by atoms with Crippen LogP contribution >= 0.6 is 0 Å². The lowest BCUT2D eigenvalue weighted by molar-refractivity contribution is -0.274. The summed E-state index contributed by atoms with van der Waals surface area (Å²) in [5.74, 6) is 1.38. The molecule has 2 aliphatic carbocycles. The minimum atomic E-state index is -4.73. The third-order valence-electron chi connectivity index (χ3n) is 6.63. The highest BCUT2D eigenvalue weighted by Gasteiger charge is 2.36. The van der Waals surface area contributed by atoms with E-state index in [4.69, 9.17) is 0 Å². The molecule has 0 bridgehead atoms. The van der Waals surface area contributed by atoms with Gasteiger partial charge in [0, 0.05) is 5.56 Å². The Hall–Kier alpha value is -2.04. The Kier molecular flexibility index (Phi) is 5.58. The number of halogens is 4. The zero-order valence-electron chi connectivity index (χ0n) is 16.6. The lowest BCUT2D eigenvalue weighted by Crippen LogP contribution is -2.28. The Bertz CT molecular complexity index is 856. The summed E-state index contributed by atoms with van der Waals surface area (Å²) < 4.78 is 56.3. The molecule has 0 amide bonds. The zero-order chi connectivity index (χ0) is 20.6. The maximum atomic E-state index is 15.4. The molecular formula is C24H26F4O. The molecule has 3 atom stereocenters. The Morgan fingerprint density at radius 1 is 1.00 bits per heavy atom. The van der Waals surface area contributed by atoms with Crippen LogP contribution in [0.2, 0.25) is 0 Å². The van der Waals surface area contributed by atoms with Gasteiger partial charge in [-0.3, -0.25) is 0 Å². The molecule has 1 saturated carbocycles. The summed E-state index contributed by atoms with van der Waals surface area (Å²) in [6.07, 6.45) is 3.15. The smallest absolute Gasteiger partial charge is 0.406 e. The van der Waals surface area contributed by atoms with Gasteiger partial charge in [0.2, 0.25) is 0 Å². The maximum absolute atomic E-state index is 15.4. The molecule has 4 rings (SSSR count). The van der Waals surface area contributed by atoms with Crippen LogP contribution in [0.5, 0.6) is 5.75 Å². The van der Waals surface area contributed by atoms with E-state index in [9.17, 15) is 13.2 Å². The van der Waals surface area contributed by atoms with Gasteiger partial charge in [-0.25, -0.2) is 4.39 Å². The highest BCUT2D eigenvalue weighted by molar-refractivity contribution is 5.67. The molecule has 2 aliphatic rings. The second-order valence-electron chi connectivity index (χ2n) is 8.44. The average Bonchev–Trinajstić information content (AvgIpc) is 2.68. The number of ether oxygens (including phenoxy) is 1. The molecule has 2 aromatic rings. The monoisotopic (exact) mass is 406 g/mol. The lowest BCUT2D eigenvalue weighted by atomic mass is 9.64. The van der Waals surface area contributed by atoms with Crippen LogP contribution in [0.1, 0.15) is 62.5 Å². The van der Waals surface area contributed by atoms with Crippen molar-refractivity contribution >= 4 is 0 Å². The second-order valence-corrected chi connectivity index (χ2v) is 8.44. The van der Waals surface area contributed by atoms with Gasteiger partial charge in [-0.1, -0.05) is 44.0 Å². The second kappa shape index (κ2) is 8.00. The number of fused-ring (bicyclic) bond motifs is 3. The Morgan fingerprint density at radius 3 is 2.45 bits per heavy atom. The number of rotatable bonds is 4. The fourth-order valence-electron chi connectivity index (χ4n) is 5.39. The van der Waals surface area contributed by atoms with Crippen LogP contribution in [0.15, 0.2) is 36.4 Å². The molecule has 0 unspecified atom stereocenters. The standard InChI is InChI=1S/C24H26F4O/c1-2-3-15-4-10-19-17(14-15)7-11-22-21(19)13-12-20(23(22)25)16-5-8-18(9-6-16)29-24(26,27)28/h5-6,8-9,12-13,15,17,19H,2-4,7,10-11,14H2,1H3/t15-,17-,19+/m1/s1. The van der Waals surface area contributed by atoms with Crippen molar-refractivity contribution in [1.82, 2.24) is 0 Å². The molecule has 0 spiro atoms. The summed E-state index contributed by atoms with van der Waals surface area (Å²) in [7, 11) is 0. The Balaban J connectivity index is 1.57. The normalized spacial score (nSPS) is 24.0. The van der Waals surface area contributed by atoms with Crippen LogP contribution < -0.4 is 4.74 Å². The van der Waals surface area contributed by atoms with Gasteiger partial charge in [-0.15, -0.1) is 13.2 Å². The van der Waals surface area contributed by atoms with Crippen molar-refractivity contribution < 1.29 is 22.3 Å². The fraction of sp³-hybridized carbons (Fsp3) is 0.500. The predicted molar refractivity (Wildman–Crippen MR) is 105 cm³/mol. The summed E-state index contributed by atoms with van der Waals surface area (Å²) in [6.45, 7) is 2.24. The molecule has 0 heterocycles. The Morgan fingerprint density at radius 2 is 1.76 bits per heavy atom. The van der Waals surface area contributed by atoms with Crippen molar-refractivity contribution in [2.45, 2.75) is 64.1 Å². The van der Waals surface area contributed by atoms with E-state index in [2.05, 4.69) is 11.7 Å². The first kappa shape index (κ1) is 20.2. The summed E-state index contributed by atoms with van der Waals surface area (Å²) in [5, 5.41) is 0. The number of benzene rings is 2. The van der Waals surface area contributed by atoms with Crippen molar-refractivity contribution in [3.63, 3.8) is 0 Å². The van der Waals surface area contributed by atoms with Crippen molar-refractivity contribution in [2.75, 3.05) is 0 Å². The molecule has 0 saturated heterocycles. The van der Waals surface area contributed by atoms with E-state index in [0.29, 0.717) is 23.0 Å². The molecule has 0 N–H and O–H groups in total. The van der Waals surface area contributed by atoms with Crippen molar-refractivity contribution in [3.05, 3.63) is 53.3 Å². The van der Waals surface area contributed by atoms with Gasteiger partial charge in [0.15, 0.2) is 0 Å². The van der Waals surface area contributed by atoms with Gasteiger partial charge in [0.05, 0.1) is 0 Å². The van der Waals surface area contributed by atoms with E-state index in [1.54, 1.807) is 6.07 Å². The minimum absolute atomic E-state index is 0.221. The van der Waals surface area contributed by atoms with E-state index in [-0.39, 0.29) is 11.6 Å². The third-order valence-corrected chi connectivity index (χ3v) is 6.63. The molecule has 156 valence electrons. The third kappa shape index (κ3) is 4.29. The van der Waals surface area contributed by atoms with Gasteiger partial charge >= 0.3 is 6.36 Å². The molecule has 0 aromatic heterocycles. The Labute approximate surface area is 169 Å². The van der Waals surface area contributed by atoms with Gasteiger partial charge < -0.3 is 4.74 Å². The van der Waals surface area contributed by atoms with E-state index in [0.717, 1.165) is 36.3 Å². The van der Waals surface area contributed by atoms with E-state index >= 15 is 4.39 Å². The molecular weight excluding hydrogens is 380 g/mol. The first-order valence-corrected chi connectivity index (χ1v) is 10.5. The lowest BCUT2D eigenvalue weighted by Gasteiger charge is -2.41. The molecule has 2 aromatic carbocycles. The maximum Gasteiger partial charge on any atom is 0.573 e. The predicted octanol–water partition coefficient (Wildman–Crippen LogP) is 7.64. The van der Waals surface area contributed by atoms with Gasteiger partial charge in [-0.2, -0.15) is 0 Å². The number of alkyl halides is 3. The van der Waals surface area contributed by atoms with Gasteiger partial charge in [0.25, 0.3) is 0 Å². The van der Waals surface area contributed by atoms with E-state index in [1.807, 2.05) is 6.07 Å². The van der Waals surface area contributed by atoms with Gasteiger partial charge in [0.1, 0.15) is 11.6 Å². The molecule has 1 fully saturated rings. The largest absolute Gasteiger partial charge is 0.573 e. The van der Waals surface area contributed by atoms with Crippen LogP contribution in [0.3, 0.4) is 0 Å². The highest BCUT2D eigenvalue weighted by atomic mass is 19.4. The zero-order valence-corrected chi connectivity index (χ0v) is 16.6.